The monoisotopic (exact) mass is 381 g/mol. The number of fused-ring (bicyclic) bond motifs is 1. The van der Waals surface area contributed by atoms with Gasteiger partial charge in [-0.1, -0.05) is 27.5 Å². The van der Waals surface area contributed by atoms with E-state index in [0.717, 1.165) is 28.9 Å². The van der Waals surface area contributed by atoms with Crippen molar-refractivity contribution in [2.45, 2.75) is 13.5 Å². The molecular weight excluding hydrogens is 370 g/mol. The number of hydrogen-bond donors (Lipinski definition) is 2. The van der Waals surface area contributed by atoms with Gasteiger partial charge in [0.2, 0.25) is 0 Å². The van der Waals surface area contributed by atoms with Crippen molar-refractivity contribution in [2.24, 2.45) is 4.99 Å². The normalized spacial score (nSPS) is 13.9. The van der Waals surface area contributed by atoms with Crippen LogP contribution in [0, 0.1) is 6.92 Å². The number of benzene rings is 1. The summed E-state index contributed by atoms with van der Waals surface area (Å²) >= 11 is 9.53. The molecule has 7 heteroatoms. The van der Waals surface area contributed by atoms with Crippen molar-refractivity contribution in [3.05, 3.63) is 50.4 Å². The van der Waals surface area contributed by atoms with Gasteiger partial charge in [0, 0.05) is 29.3 Å². The number of nitrogens with zero attached hydrogens (tertiary/aromatic N) is 2. The minimum atomic E-state index is -1.00. The van der Waals surface area contributed by atoms with Crippen LogP contribution in [0.15, 0.2) is 33.9 Å². The summed E-state index contributed by atoms with van der Waals surface area (Å²) in [6.07, 6.45) is 1.62. The van der Waals surface area contributed by atoms with Gasteiger partial charge in [-0.15, -0.1) is 0 Å². The fourth-order valence-electron chi connectivity index (χ4n) is 2.51. The molecule has 0 saturated heterocycles. The summed E-state index contributed by atoms with van der Waals surface area (Å²) < 4.78 is 2.75. The summed E-state index contributed by atoms with van der Waals surface area (Å²) in [7, 11) is 0. The van der Waals surface area contributed by atoms with Crippen LogP contribution in [0.25, 0.3) is 0 Å². The third kappa shape index (κ3) is 2.64. The molecule has 5 nitrogen and oxygen atoms in total. The highest BCUT2D eigenvalue weighted by molar-refractivity contribution is 9.10. The second kappa shape index (κ2) is 5.78. The Morgan fingerprint density at radius 2 is 2.27 bits per heavy atom. The van der Waals surface area contributed by atoms with E-state index >= 15 is 0 Å². The molecule has 1 aliphatic rings. The Balaban J connectivity index is 2.29. The Kier molecular flexibility index (Phi) is 3.97. The van der Waals surface area contributed by atoms with Gasteiger partial charge in [-0.25, -0.2) is 9.79 Å². The van der Waals surface area contributed by atoms with E-state index in [0.29, 0.717) is 16.1 Å². The molecule has 0 amide bonds. The topological polar surface area (TPSA) is 66.6 Å². The van der Waals surface area contributed by atoms with E-state index in [2.05, 4.69) is 26.2 Å². The molecule has 0 radical (unpaired) electrons. The zero-order chi connectivity index (χ0) is 15.9. The van der Waals surface area contributed by atoms with Crippen molar-refractivity contribution in [3.63, 3.8) is 0 Å². The molecule has 2 aromatic rings. The lowest BCUT2D eigenvalue weighted by atomic mass is 10.1. The van der Waals surface area contributed by atoms with Gasteiger partial charge in [0.1, 0.15) is 11.4 Å². The molecule has 0 atom stereocenters. The SMILES string of the molecule is Cc1c2n(cc(C(=O)O)c1=Nc1ccc(Br)cc1Cl)CCN2. The molecule has 0 unspecified atom stereocenters. The van der Waals surface area contributed by atoms with Crippen molar-refractivity contribution in [2.75, 3.05) is 11.9 Å². The number of halogens is 2. The molecule has 22 heavy (non-hydrogen) atoms. The highest BCUT2D eigenvalue weighted by Crippen LogP contribution is 2.28. The molecule has 0 spiro atoms. The molecule has 1 aliphatic heterocycles. The average molecular weight is 383 g/mol. The maximum atomic E-state index is 11.6. The molecule has 1 aromatic carbocycles. The van der Waals surface area contributed by atoms with Crippen LogP contribution in [0.1, 0.15) is 15.9 Å². The van der Waals surface area contributed by atoms with Crippen LogP contribution in [0.4, 0.5) is 11.5 Å². The van der Waals surface area contributed by atoms with Crippen LogP contribution in [0.2, 0.25) is 5.02 Å². The number of aromatic carboxylic acids is 1. The molecule has 2 heterocycles. The van der Waals surface area contributed by atoms with Gasteiger partial charge in [-0.2, -0.15) is 0 Å². The highest BCUT2D eigenvalue weighted by Gasteiger charge is 2.18. The summed E-state index contributed by atoms with van der Waals surface area (Å²) in [5.74, 6) is -0.103. The molecule has 0 aliphatic carbocycles. The van der Waals surface area contributed by atoms with Crippen LogP contribution >= 0.6 is 27.5 Å². The number of hydrogen-bond acceptors (Lipinski definition) is 3. The predicted octanol–water partition coefficient (Wildman–Crippen LogP) is 3.57. The summed E-state index contributed by atoms with van der Waals surface area (Å²) in [6, 6.07) is 5.31. The largest absolute Gasteiger partial charge is 0.478 e. The number of carbonyl (C=O) groups is 1. The second-order valence-electron chi connectivity index (χ2n) is 5.00. The fourth-order valence-corrected chi connectivity index (χ4v) is 3.22. The number of nitrogens with one attached hydrogen (secondary N) is 1. The van der Waals surface area contributed by atoms with Crippen LogP contribution in [0.5, 0.6) is 0 Å². The van der Waals surface area contributed by atoms with Crippen molar-refractivity contribution in [1.29, 1.82) is 0 Å². The second-order valence-corrected chi connectivity index (χ2v) is 6.32. The van der Waals surface area contributed by atoms with E-state index in [9.17, 15) is 9.90 Å². The van der Waals surface area contributed by atoms with Crippen molar-refractivity contribution in [1.82, 2.24) is 4.57 Å². The maximum absolute atomic E-state index is 11.6. The minimum absolute atomic E-state index is 0.170. The van der Waals surface area contributed by atoms with Gasteiger partial charge >= 0.3 is 5.97 Å². The molecule has 3 rings (SSSR count). The Morgan fingerprint density at radius 1 is 1.50 bits per heavy atom. The first kappa shape index (κ1) is 15.1. The number of rotatable bonds is 2. The Labute approximate surface area is 140 Å². The Bertz CT molecular complexity index is 845. The predicted molar refractivity (Wildman–Crippen MR) is 89.0 cm³/mol. The van der Waals surface area contributed by atoms with E-state index in [1.54, 1.807) is 18.3 Å². The molecular formula is C15H13BrClN3O2. The van der Waals surface area contributed by atoms with Crippen molar-refractivity contribution < 1.29 is 9.90 Å². The van der Waals surface area contributed by atoms with Crippen LogP contribution in [-0.4, -0.2) is 22.2 Å². The maximum Gasteiger partial charge on any atom is 0.339 e. The molecule has 0 bridgehead atoms. The number of aromatic nitrogens is 1. The van der Waals surface area contributed by atoms with Crippen molar-refractivity contribution in [3.8, 4) is 0 Å². The van der Waals surface area contributed by atoms with Crippen LogP contribution in [-0.2, 0) is 6.54 Å². The standard InChI is InChI=1S/C15H13BrClN3O2/c1-8-13(19-12-3-2-9(16)6-11(12)17)10(15(21)22)7-20-5-4-18-14(8)20/h2-3,6-7,18H,4-5H2,1H3,(H,21,22). The lowest BCUT2D eigenvalue weighted by Crippen LogP contribution is -2.21. The fraction of sp³-hybridized carbons (Fsp3) is 0.200. The van der Waals surface area contributed by atoms with Crippen LogP contribution < -0.4 is 10.7 Å². The Morgan fingerprint density at radius 3 is 2.95 bits per heavy atom. The number of carboxylic acid groups (broad SMARTS) is 1. The molecule has 0 saturated carbocycles. The van der Waals surface area contributed by atoms with E-state index in [1.165, 1.54) is 0 Å². The summed E-state index contributed by atoms with van der Waals surface area (Å²) in [5.41, 5.74) is 1.51. The molecule has 114 valence electrons. The van der Waals surface area contributed by atoms with E-state index in [4.69, 9.17) is 11.6 Å². The summed E-state index contributed by atoms with van der Waals surface area (Å²) in [5, 5.41) is 13.6. The molecule has 2 N–H and O–H groups in total. The number of carboxylic acids is 1. The van der Waals surface area contributed by atoms with E-state index < -0.39 is 5.97 Å². The van der Waals surface area contributed by atoms with E-state index in [1.807, 2.05) is 17.6 Å². The Hall–Kier alpha value is -1.79. The number of anilines is 1. The quantitative estimate of drug-likeness (QED) is 0.834. The van der Waals surface area contributed by atoms with Gasteiger partial charge < -0.3 is 15.0 Å². The lowest BCUT2D eigenvalue weighted by Gasteiger charge is -2.10. The van der Waals surface area contributed by atoms with E-state index in [-0.39, 0.29) is 5.56 Å². The minimum Gasteiger partial charge on any atom is -0.478 e. The van der Waals surface area contributed by atoms with Crippen LogP contribution in [0.3, 0.4) is 0 Å². The zero-order valence-electron chi connectivity index (χ0n) is 11.7. The van der Waals surface area contributed by atoms with Gasteiger partial charge in [-0.05, 0) is 25.1 Å². The van der Waals surface area contributed by atoms with Gasteiger partial charge in [0.25, 0.3) is 0 Å². The molecule has 1 aromatic heterocycles. The summed E-state index contributed by atoms with van der Waals surface area (Å²) in [4.78, 5) is 16.1. The first-order valence-corrected chi connectivity index (χ1v) is 7.85. The third-order valence-corrected chi connectivity index (χ3v) is 4.35. The number of pyridine rings is 1. The van der Waals surface area contributed by atoms with Gasteiger partial charge in [-0.3, -0.25) is 0 Å². The molecule has 0 fully saturated rings. The van der Waals surface area contributed by atoms with Gasteiger partial charge in [0.05, 0.1) is 16.1 Å². The average Bonchev–Trinajstić information content (AvgIpc) is 2.92. The lowest BCUT2D eigenvalue weighted by molar-refractivity contribution is 0.0694. The third-order valence-electron chi connectivity index (χ3n) is 3.56. The van der Waals surface area contributed by atoms with Crippen molar-refractivity contribution >= 4 is 45.0 Å². The highest BCUT2D eigenvalue weighted by atomic mass is 79.9. The summed E-state index contributed by atoms with van der Waals surface area (Å²) in [6.45, 7) is 3.39. The first-order chi connectivity index (χ1) is 10.5. The van der Waals surface area contributed by atoms with Gasteiger partial charge in [0.15, 0.2) is 0 Å². The zero-order valence-corrected chi connectivity index (χ0v) is 14.1. The first-order valence-electron chi connectivity index (χ1n) is 6.68. The smallest absolute Gasteiger partial charge is 0.339 e.